The first kappa shape index (κ1) is 8.64. The van der Waals surface area contributed by atoms with Gasteiger partial charge in [-0.3, -0.25) is 4.79 Å². The lowest BCUT2D eigenvalue weighted by molar-refractivity contribution is 0.0679. The Bertz CT molecular complexity index is 299. The number of anilines is 1. The van der Waals surface area contributed by atoms with E-state index in [1.807, 2.05) is 0 Å². The molecular weight excluding hydrogens is 164 g/mol. The lowest BCUT2D eigenvalue weighted by Crippen LogP contribution is -2.10. The molecule has 0 saturated heterocycles. The lowest BCUT2D eigenvalue weighted by atomic mass is 10.1. The molecule has 0 amide bonds. The van der Waals surface area contributed by atoms with Gasteiger partial charge in [-0.1, -0.05) is 12.1 Å². The first-order valence-corrected chi connectivity index (χ1v) is 3.29. The summed E-state index contributed by atoms with van der Waals surface area (Å²) in [6, 6.07) is 5.53. The number of alkyl halides is 2. The van der Waals surface area contributed by atoms with Crippen LogP contribution in [0.4, 0.5) is 14.5 Å². The van der Waals surface area contributed by atoms with Crippen molar-refractivity contribution in [1.82, 2.24) is 0 Å². The molecular formula is C8H7F2NO. The summed E-state index contributed by atoms with van der Waals surface area (Å²) in [6.45, 7) is 0. The van der Waals surface area contributed by atoms with Crippen molar-refractivity contribution < 1.29 is 13.6 Å². The fourth-order valence-electron chi connectivity index (χ4n) is 0.818. The number of Topliss-reactive ketones (excluding diaryl/α,β-unsaturated/α-hetero) is 1. The summed E-state index contributed by atoms with van der Waals surface area (Å²) < 4.78 is 23.7. The molecule has 0 bridgehead atoms. The Morgan fingerprint density at radius 3 is 2.58 bits per heavy atom. The number of carbonyl (C=O) groups excluding carboxylic acids is 1. The van der Waals surface area contributed by atoms with Gasteiger partial charge in [0.05, 0.1) is 0 Å². The number of nitrogens with two attached hydrogens (primary N) is 1. The van der Waals surface area contributed by atoms with Gasteiger partial charge in [0.15, 0.2) is 0 Å². The van der Waals surface area contributed by atoms with Gasteiger partial charge < -0.3 is 5.73 Å². The van der Waals surface area contributed by atoms with Crippen LogP contribution in [-0.4, -0.2) is 12.2 Å². The Balaban J connectivity index is 2.96. The van der Waals surface area contributed by atoms with E-state index in [0.717, 1.165) is 0 Å². The average Bonchev–Trinajstić information content (AvgIpc) is 2.03. The van der Waals surface area contributed by atoms with Gasteiger partial charge in [0.25, 0.3) is 0 Å². The summed E-state index contributed by atoms with van der Waals surface area (Å²) >= 11 is 0. The van der Waals surface area contributed by atoms with Gasteiger partial charge >= 0.3 is 6.43 Å². The topological polar surface area (TPSA) is 43.1 Å². The fraction of sp³-hybridized carbons (Fsp3) is 0.125. The lowest BCUT2D eigenvalue weighted by Gasteiger charge is -1.99. The Kier molecular flexibility index (Phi) is 2.38. The first-order valence-electron chi connectivity index (χ1n) is 3.29. The van der Waals surface area contributed by atoms with Gasteiger partial charge in [0, 0.05) is 11.3 Å². The number of rotatable bonds is 2. The number of hydrogen-bond donors (Lipinski definition) is 1. The fourth-order valence-corrected chi connectivity index (χ4v) is 0.818. The van der Waals surface area contributed by atoms with E-state index in [1.54, 1.807) is 0 Å². The molecule has 64 valence electrons. The zero-order chi connectivity index (χ0) is 9.14. The third kappa shape index (κ3) is 1.78. The molecule has 2 N–H and O–H groups in total. The van der Waals surface area contributed by atoms with E-state index >= 15 is 0 Å². The quantitative estimate of drug-likeness (QED) is 0.543. The molecule has 1 rings (SSSR count). The molecule has 0 aliphatic heterocycles. The maximum atomic E-state index is 11.9. The second-order valence-electron chi connectivity index (χ2n) is 2.29. The van der Waals surface area contributed by atoms with Gasteiger partial charge in [-0.15, -0.1) is 0 Å². The van der Waals surface area contributed by atoms with Crippen molar-refractivity contribution >= 4 is 11.5 Å². The van der Waals surface area contributed by atoms with Crippen LogP contribution >= 0.6 is 0 Å². The number of halogens is 2. The van der Waals surface area contributed by atoms with E-state index in [2.05, 4.69) is 0 Å². The number of carbonyl (C=O) groups is 1. The second kappa shape index (κ2) is 3.30. The summed E-state index contributed by atoms with van der Waals surface area (Å²) in [7, 11) is 0. The van der Waals surface area contributed by atoms with E-state index in [4.69, 9.17) is 5.73 Å². The van der Waals surface area contributed by atoms with Crippen LogP contribution in [0.2, 0.25) is 0 Å². The SMILES string of the molecule is Nc1cccc(C(=O)C(F)F)c1. The molecule has 0 saturated carbocycles. The molecule has 0 aromatic heterocycles. The predicted octanol–water partition coefficient (Wildman–Crippen LogP) is 1.72. The number of hydrogen-bond acceptors (Lipinski definition) is 2. The van der Waals surface area contributed by atoms with Crippen LogP contribution in [0, 0.1) is 0 Å². The van der Waals surface area contributed by atoms with Crippen molar-refractivity contribution in [1.29, 1.82) is 0 Å². The van der Waals surface area contributed by atoms with Crippen molar-refractivity contribution in [3.8, 4) is 0 Å². The Labute approximate surface area is 68.0 Å². The summed E-state index contributed by atoms with van der Waals surface area (Å²) in [5.74, 6) is -1.19. The highest BCUT2D eigenvalue weighted by Gasteiger charge is 2.17. The van der Waals surface area contributed by atoms with Gasteiger partial charge in [0.2, 0.25) is 5.78 Å². The minimum Gasteiger partial charge on any atom is -0.399 e. The minimum absolute atomic E-state index is 0.0509. The van der Waals surface area contributed by atoms with Crippen molar-refractivity contribution in [2.75, 3.05) is 5.73 Å². The zero-order valence-electron chi connectivity index (χ0n) is 6.13. The highest BCUT2D eigenvalue weighted by Crippen LogP contribution is 2.10. The maximum absolute atomic E-state index is 11.9. The van der Waals surface area contributed by atoms with Crippen LogP contribution in [0.25, 0.3) is 0 Å². The monoisotopic (exact) mass is 171 g/mol. The van der Waals surface area contributed by atoms with E-state index in [-0.39, 0.29) is 5.56 Å². The molecule has 1 aromatic carbocycles. The van der Waals surface area contributed by atoms with Crippen LogP contribution < -0.4 is 5.73 Å². The highest BCUT2D eigenvalue weighted by molar-refractivity contribution is 5.99. The summed E-state index contributed by atoms with van der Waals surface area (Å²) in [4.78, 5) is 10.7. The number of ketones is 1. The van der Waals surface area contributed by atoms with E-state index < -0.39 is 12.2 Å². The van der Waals surface area contributed by atoms with Crippen LogP contribution in [0.3, 0.4) is 0 Å². The summed E-state index contributed by atoms with van der Waals surface area (Å²) in [5.41, 5.74) is 5.56. The van der Waals surface area contributed by atoms with Gasteiger partial charge in [-0.2, -0.15) is 0 Å². The Morgan fingerprint density at radius 1 is 1.42 bits per heavy atom. The molecule has 0 aliphatic rings. The normalized spacial score (nSPS) is 10.2. The van der Waals surface area contributed by atoms with Crippen molar-refractivity contribution in [2.45, 2.75) is 6.43 Å². The largest absolute Gasteiger partial charge is 0.399 e. The summed E-state index contributed by atoms with van der Waals surface area (Å²) in [5, 5.41) is 0. The minimum atomic E-state index is -2.97. The van der Waals surface area contributed by atoms with Crippen molar-refractivity contribution in [3.63, 3.8) is 0 Å². The van der Waals surface area contributed by atoms with Crippen LogP contribution in [0.5, 0.6) is 0 Å². The van der Waals surface area contributed by atoms with Gasteiger partial charge in [0.1, 0.15) is 0 Å². The van der Waals surface area contributed by atoms with E-state index in [9.17, 15) is 13.6 Å². The standard InChI is InChI=1S/C8H7F2NO/c9-8(10)7(12)5-2-1-3-6(11)4-5/h1-4,8H,11H2. The van der Waals surface area contributed by atoms with Gasteiger partial charge in [-0.25, -0.2) is 8.78 Å². The van der Waals surface area contributed by atoms with Crippen LogP contribution in [-0.2, 0) is 0 Å². The molecule has 2 nitrogen and oxygen atoms in total. The molecule has 1 aromatic rings. The third-order valence-corrected chi connectivity index (χ3v) is 1.37. The molecule has 4 heteroatoms. The van der Waals surface area contributed by atoms with Crippen molar-refractivity contribution in [3.05, 3.63) is 29.8 Å². The molecule has 12 heavy (non-hydrogen) atoms. The summed E-state index contributed by atoms with van der Waals surface area (Å²) in [6.07, 6.45) is -2.97. The highest BCUT2D eigenvalue weighted by atomic mass is 19.3. The van der Waals surface area contributed by atoms with Gasteiger partial charge in [-0.05, 0) is 12.1 Å². The predicted molar refractivity (Wildman–Crippen MR) is 41.2 cm³/mol. The second-order valence-corrected chi connectivity index (χ2v) is 2.29. The zero-order valence-corrected chi connectivity index (χ0v) is 6.13. The first-order chi connectivity index (χ1) is 5.61. The molecule has 0 spiro atoms. The Hall–Kier alpha value is -1.45. The molecule has 0 aliphatic carbocycles. The molecule has 0 radical (unpaired) electrons. The molecule has 0 fully saturated rings. The van der Waals surface area contributed by atoms with E-state index in [0.29, 0.717) is 5.69 Å². The van der Waals surface area contributed by atoms with Crippen LogP contribution in [0.15, 0.2) is 24.3 Å². The average molecular weight is 171 g/mol. The smallest absolute Gasteiger partial charge is 0.300 e. The van der Waals surface area contributed by atoms with Crippen LogP contribution in [0.1, 0.15) is 10.4 Å². The molecule has 0 heterocycles. The van der Waals surface area contributed by atoms with E-state index in [1.165, 1.54) is 24.3 Å². The molecule has 0 unspecified atom stereocenters. The molecule has 0 atom stereocenters. The maximum Gasteiger partial charge on any atom is 0.300 e. The van der Waals surface area contributed by atoms with Crippen molar-refractivity contribution in [2.24, 2.45) is 0 Å². The Morgan fingerprint density at radius 2 is 2.08 bits per heavy atom. The third-order valence-electron chi connectivity index (χ3n) is 1.37. The number of nitrogen functional groups attached to an aromatic ring is 1. The number of benzene rings is 1.